The zero-order valence-electron chi connectivity index (χ0n) is 8.34. The lowest BCUT2D eigenvalue weighted by atomic mass is 9.96. The molecule has 0 saturated heterocycles. The van der Waals surface area contributed by atoms with Crippen molar-refractivity contribution >= 4 is 5.78 Å². The highest BCUT2D eigenvalue weighted by Gasteiger charge is 2.08. The van der Waals surface area contributed by atoms with Crippen molar-refractivity contribution in [3.05, 3.63) is 11.6 Å². The van der Waals surface area contributed by atoms with Gasteiger partial charge in [0.2, 0.25) is 0 Å². The molecular formula is C11H18O2. The van der Waals surface area contributed by atoms with Crippen LogP contribution >= 0.6 is 0 Å². The first-order chi connectivity index (χ1) is 6.33. The Kier molecular flexibility index (Phi) is 4.76. The zero-order valence-corrected chi connectivity index (χ0v) is 8.34. The van der Waals surface area contributed by atoms with Crippen LogP contribution in [0.4, 0.5) is 0 Å². The first kappa shape index (κ1) is 10.5. The Hall–Kier alpha value is -0.630. The molecule has 0 fully saturated rings. The maximum Gasteiger partial charge on any atom is 0.162 e. The van der Waals surface area contributed by atoms with E-state index in [4.69, 9.17) is 4.74 Å². The highest BCUT2D eigenvalue weighted by molar-refractivity contribution is 5.82. The summed E-state index contributed by atoms with van der Waals surface area (Å²) in [5, 5.41) is 0. The summed E-state index contributed by atoms with van der Waals surface area (Å²) < 4.78 is 5.06. The third-order valence-electron chi connectivity index (χ3n) is 2.28. The number of Topliss-reactive ketones (excluding diaryl/α,β-unsaturated/α-hetero) is 1. The van der Waals surface area contributed by atoms with Crippen LogP contribution in [0.5, 0.6) is 0 Å². The molecule has 0 radical (unpaired) electrons. The van der Waals surface area contributed by atoms with Gasteiger partial charge in [0.25, 0.3) is 0 Å². The van der Waals surface area contributed by atoms with E-state index in [0.29, 0.717) is 13.0 Å². The van der Waals surface area contributed by atoms with Gasteiger partial charge in [-0.05, 0) is 32.6 Å². The summed E-state index contributed by atoms with van der Waals surface area (Å²) in [5.74, 6) is 0.218. The Bertz CT molecular complexity index is 194. The van der Waals surface area contributed by atoms with Crippen molar-refractivity contribution in [2.24, 2.45) is 0 Å². The van der Waals surface area contributed by atoms with E-state index >= 15 is 0 Å². The second-order valence-electron chi connectivity index (χ2n) is 3.46. The summed E-state index contributed by atoms with van der Waals surface area (Å²) in [7, 11) is 0. The number of ether oxygens (including phenoxy) is 1. The molecule has 0 spiro atoms. The molecule has 0 amide bonds. The van der Waals surface area contributed by atoms with Gasteiger partial charge in [-0.15, -0.1) is 0 Å². The van der Waals surface area contributed by atoms with E-state index in [0.717, 1.165) is 12.8 Å². The van der Waals surface area contributed by atoms with Gasteiger partial charge in [0.1, 0.15) is 6.61 Å². The van der Waals surface area contributed by atoms with Gasteiger partial charge in [0.05, 0.1) is 0 Å². The van der Waals surface area contributed by atoms with Crippen molar-refractivity contribution in [1.82, 2.24) is 0 Å². The first-order valence-corrected chi connectivity index (χ1v) is 5.10. The third kappa shape index (κ3) is 4.23. The molecule has 0 aromatic carbocycles. The third-order valence-corrected chi connectivity index (χ3v) is 2.28. The minimum absolute atomic E-state index is 0.218. The quantitative estimate of drug-likeness (QED) is 0.610. The molecule has 0 N–H and O–H groups in total. The first-order valence-electron chi connectivity index (χ1n) is 5.10. The van der Waals surface area contributed by atoms with Gasteiger partial charge in [0, 0.05) is 13.0 Å². The van der Waals surface area contributed by atoms with Crippen LogP contribution in [0.15, 0.2) is 11.6 Å². The molecule has 0 saturated carbocycles. The topological polar surface area (TPSA) is 26.3 Å². The Morgan fingerprint density at radius 2 is 2.38 bits per heavy atom. The van der Waals surface area contributed by atoms with Crippen molar-refractivity contribution in [2.45, 2.75) is 39.0 Å². The molecule has 74 valence electrons. The average Bonchev–Trinajstić information content (AvgIpc) is 2.16. The van der Waals surface area contributed by atoms with Crippen LogP contribution < -0.4 is 0 Å². The molecule has 13 heavy (non-hydrogen) atoms. The number of rotatable bonds is 5. The van der Waals surface area contributed by atoms with Crippen molar-refractivity contribution in [1.29, 1.82) is 0 Å². The molecule has 1 aliphatic rings. The second-order valence-corrected chi connectivity index (χ2v) is 3.46. The van der Waals surface area contributed by atoms with E-state index < -0.39 is 0 Å². The molecule has 0 aromatic heterocycles. The summed E-state index contributed by atoms with van der Waals surface area (Å²) in [5.41, 5.74) is 1.32. The highest BCUT2D eigenvalue weighted by Crippen LogP contribution is 2.20. The van der Waals surface area contributed by atoms with Crippen molar-refractivity contribution in [3.8, 4) is 0 Å². The van der Waals surface area contributed by atoms with E-state index in [2.05, 4.69) is 6.08 Å². The lowest BCUT2D eigenvalue weighted by Gasteiger charge is -2.11. The van der Waals surface area contributed by atoms with Crippen LogP contribution in [0, 0.1) is 0 Å². The Labute approximate surface area is 80.0 Å². The van der Waals surface area contributed by atoms with Crippen LogP contribution in [0.2, 0.25) is 0 Å². The van der Waals surface area contributed by atoms with Crippen LogP contribution in [-0.2, 0) is 9.53 Å². The Balaban J connectivity index is 2.22. The van der Waals surface area contributed by atoms with Crippen molar-refractivity contribution in [3.63, 3.8) is 0 Å². The summed E-state index contributed by atoms with van der Waals surface area (Å²) in [6, 6.07) is 0. The van der Waals surface area contributed by atoms with Crippen LogP contribution in [-0.4, -0.2) is 19.0 Å². The highest BCUT2D eigenvalue weighted by atomic mass is 16.5. The normalized spacial score (nSPS) is 16.8. The van der Waals surface area contributed by atoms with Gasteiger partial charge in [-0.2, -0.15) is 0 Å². The predicted octanol–water partition coefficient (Wildman–Crippen LogP) is 2.48. The minimum atomic E-state index is 0.218. The monoisotopic (exact) mass is 182 g/mol. The fourth-order valence-corrected chi connectivity index (χ4v) is 1.59. The van der Waals surface area contributed by atoms with Crippen LogP contribution in [0.1, 0.15) is 39.0 Å². The van der Waals surface area contributed by atoms with Gasteiger partial charge in [-0.3, -0.25) is 4.79 Å². The molecule has 1 aliphatic carbocycles. The predicted molar refractivity (Wildman–Crippen MR) is 52.7 cm³/mol. The number of carbonyl (C=O) groups excluding carboxylic acids is 1. The number of carbonyl (C=O) groups is 1. The average molecular weight is 182 g/mol. The molecule has 0 atom stereocenters. The largest absolute Gasteiger partial charge is 0.374 e. The molecule has 1 rings (SSSR count). The summed E-state index contributed by atoms with van der Waals surface area (Å²) >= 11 is 0. The smallest absolute Gasteiger partial charge is 0.162 e. The van der Waals surface area contributed by atoms with Crippen molar-refractivity contribution in [2.75, 3.05) is 13.2 Å². The lowest BCUT2D eigenvalue weighted by molar-refractivity contribution is -0.122. The van der Waals surface area contributed by atoms with Gasteiger partial charge < -0.3 is 4.74 Å². The van der Waals surface area contributed by atoms with E-state index in [1.165, 1.54) is 18.4 Å². The molecule has 0 bridgehead atoms. The maximum atomic E-state index is 11.3. The van der Waals surface area contributed by atoms with E-state index in [1.54, 1.807) is 0 Å². The summed E-state index contributed by atoms with van der Waals surface area (Å²) in [6.45, 7) is 2.83. The number of allylic oxidation sites excluding steroid dienone is 2. The number of hydrogen-bond donors (Lipinski definition) is 0. The van der Waals surface area contributed by atoms with Gasteiger partial charge in [-0.25, -0.2) is 0 Å². The number of ketones is 1. The van der Waals surface area contributed by atoms with E-state index in [1.807, 2.05) is 6.92 Å². The molecule has 0 heterocycles. The fraction of sp³-hybridized carbons (Fsp3) is 0.727. The maximum absolute atomic E-state index is 11.3. The van der Waals surface area contributed by atoms with Gasteiger partial charge in [-0.1, -0.05) is 11.6 Å². The molecule has 2 nitrogen and oxygen atoms in total. The standard InChI is InChI=1S/C11H18O2/c1-2-13-9-11(12)8-10-6-4-3-5-7-10/h6H,2-5,7-9H2,1H3. The summed E-state index contributed by atoms with van der Waals surface area (Å²) in [4.78, 5) is 11.3. The second kappa shape index (κ2) is 5.92. The SMILES string of the molecule is CCOCC(=O)CC1=CCCCC1. The minimum Gasteiger partial charge on any atom is -0.374 e. The number of hydrogen-bond acceptors (Lipinski definition) is 2. The van der Waals surface area contributed by atoms with Gasteiger partial charge >= 0.3 is 0 Å². The molecule has 0 aliphatic heterocycles. The Morgan fingerprint density at radius 3 is 3.00 bits per heavy atom. The Morgan fingerprint density at radius 1 is 1.54 bits per heavy atom. The zero-order chi connectivity index (χ0) is 9.52. The van der Waals surface area contributed by atoms with Gasteiger partial charge in [0.15, 0.2) is 5.78 Å². The molecule has 2 heteroatoms. The summed E-state index contributed by atoms with van der Waals surface area (Å²) in [6.07, 6.45) is 7.61. The van der Waals surface area contributed by atoms with E-state index in [9.17, 15) is 4.79 Å². The van der Waals surface area contributed by atoms with E-state index in [-0.39, 0.29) is 12.4 Å². The van der Waals surface area contributed by atoms with Crippen molar-refractivity contribution < 1.29 is 9.53 Å². The fourth-order valence-electron chi connectivity index (χ4n) is 1.59. The molecule has 0 aromatic rings. The molecular weight excluding hydrogens is 164 g/mol. The van der Waals surface area contributed by atoms with Crippen LogP contribution in [0.25, 0.3) is 0 Å². The van der Waals surface area contributed by atoms with Crippen LogP contribution in [0.3, 0.4) is 0 Å². The molecule has 0 unspecified atom stereocenters. The lowest BCUT2D eigenvalue weighted by Crippen LogP contribution is -2.10.